The third-order valence-electron chi connectivity index (χ3n) is 8.43. The Balaban J connectivity index is 1.02. The Labute approximate surface area is 246 Å². The summed E-state index contributed by atoms with van der Waals surface area (Å²) >= 11 is 0. The highest BCUT2D eigenvalue weighted by molar-refractivity contribution is 6.04. The van der Waals surface area contributed by atoms with Crippen LogP contribution in [0.15, 0.2) is 72.8 Å². The highest BCUT2D eigenvalue weighted by Crippen LogP contribution is 2.34. The minimum atomic E-state index is -0.656. The predicted octanol–water partition coefficient (Wildman–Crippen LogP) is 4.85. The van der Waals surface area contributed by atoms with Gasteiger partial charge in [-0.05, 0) is 61.1 Å². The maximum Gasteiger partial charge on any atom is 0.255 e. The fraction of sp³-hybridized carbons (Fsp3) is 0.382. The molecule has 0 aliphatic carbocycles. The monoisotopic (exact) mass is 567 g/mol. The van der Waals surface area contributed by atoms with Gasteiger partial charge in [0, 0.05) is 37.2 Å². The van der Waals surface area contributed by atoms with Crippen molar-refractivity contribution in [1.82, 2.24) is 15.1 Å². The van der Waals surface area contributed by atoms with Crippen molar-refractivity contribution in [1.29, 1.82) is 0 Å². The summed E-state index contributed by atoms with van der Waals surface area (Å²) in [4.78, 5) is 41.9. The molecule has 3 amide bonds. The first-order valence-corrected chi connectivity index (χ1v) is 14.9. The lowest BCUT2D eigenvalue weighted by Crippen LogP contribution is -2.49. The molecule has 0 saturated carbocycles. The number of carbonyl (C=O) groups excluding carboxylic acids is 3. The number of hydrogen-bond acceptors (Lipinski definition) is 6. The summed E-state index contributed by atoms with van der Waals surface area (Å²) in [6.07, 6.45) is 4.63. The average molecular weight is 568 g/mol. The van der Waals surface area contributed by atoms with E-state index in [1.165, 1.54) is 5.56 Å². The van der Waals surface area contributed by atoms with E-state index in [0.29, 0.717) is 43.7 Å². The molecule has 3 aromatic rings. The van der Waals surface area contributed by atoms with Crippen molar-refractivity contribution in [2.45, 2.75) is 70.4 Å². The Morgan fingerprint density at radius 2 is 1.57 bits per heavy atom. The minimum Gasteiger partial charge on any atom is -0.490 e. The zero-order valence-electron chi connectivity index (χ0n) is 23.8. The molecule has 42 heavy (non-hydrogen) atoms. The molecule has 8 nitrogen and oxygen atoms in total. The Hall–Kier alpha value is -4.17. The van der Waals surface area contributed by atoms with Gasteiger partial charge in [0.15, 0.2) is 0 Å². The van der Waals surface area contributed by atoms with Gasteiger partial charge in [-0.15, -0.1) is 0 Å². The standard InChI is InChI=1S/C34H37N3O5/c38-32-12-5-4-10-30(33(39)35-32)37-22-29-28(34(37)40)9-6-11-31(29)41-23-25-15-13-24(14-16-25)21-36-19-17-27(18-20-36)42-26-7-2-1-3-8-26/h1-3,6-9,11,13-16,27,30H,4-5,10,12,17-23H2,(H,35,38,39). The molecule has 0 spiro atoms. The summed E-state index contributed by atoms with van der Waals surface area (Å²) in [7, 11) is 0. The van der Waals surface area contributed by atoms with Crippen LogP contribution in [0.4, 0.5) is 0 Å². The number of likely N-dealkylation sites (tertiary alicyclic amines) is 1. The van der Waals surface area contributed by atoms with Crippen LogP contribution in [0.1, 0.15) is 65.6 Å². The highest BCUT2D eigenvalue weighted by Gasteiger charge is 2.38. The number of amides is 3. The second-order valence-electron chi connectivity index (χ2n) is 11.4. The van der Waals surface area contributed by atoms with Crippen molar-refractivity contribution in [3.05, 3.63) is 95.1 Å². The number of fused-ring (bicyclic) bond motifs is 1. The molecule has 3 heterocycles. The molecule has 0 bridgehead atoms. The Kier molecular flexibility index (Phi) is 8.51. The van der Waals surface area contributed by atoms with Crippen molar-refractivity contribution in [3.63, 3.8) is 0 Å². The van der Waals surface area contributed by atoms with E-state index in [1.807, 2.05) is 42.5 Å². The molecule has 218 valence electrons. The maximum atomic E-state index is 13.2. The molecule has 1 unspecified atom stereocenters. The number of para-hydroxylation sites is 1. The number of benzene rings is 3. The number of imide groups is 1. The van der Waals surface area contributed by atoms with Crippen LogP contribution in [-0.4, -0.2) is 52.8 Å². The molecular formula is C34H37N3O5. The average Bonchev–Trinajstić information content (AvgIpc) is 3.33. The molecule has 1 N–H and O–H groups in total. The van der Waals surface area contributed by atoms with Gasteiger partial charge < -0.3 is 14.4 Å². The van der Waals surface area contributed by atoms with Crippen LogP contribution < -0.4 is 14.8 Å². The van der Waals surface area contributed by atoms with Crippen LogP contribution >= 0.6 is 0 Å². The Morgan fingerprint density at radius 3 is 2.36 bits per heavy atom. The van der Waals surface area contributed by atoms with Crippen LogP contribution in [0.5, 0.6) is 11.5 Å². The molecule has 6 rings (SSSR count). The number of ether oxygens (including phenoxy) is 2. The number of nitrogens with zero attached hydrogens (tertiary/aromatic N) is 2. The zero-order valence-corrected chi connectivity index (χ0v) is 23.8. The van der Waals surface area contributed by atoms with Crippen LogP contribution in [0.2, 0.25) is 0 Å². The highest BCUT2D eigenvalue weighted by atomic mass is 16.5. The van der Waals surface area contributed by atoms with Gasteiger partial charge in [-0.3, -0.25) is 24.6 Å². The summed E-state index contributed by atoms with van der Waals surface area (Å²) in [5.74, 6) is 0.729. The van der Waals surface area contributed by atoms with Crippen LogP contribution in [-0.2, 0) is 29.3 Å². The van der Waals surface area contributed by atoms with E-state index >= 15 is 0 Å². The van der Waals surface area contributed by atoms with Gasteiger partial charge in [0.1, 0.15) is 30.3 Å². The molecule has 0 aromatic heterocycles. The molecule has 3 aliphatic rings. The number of rotatable bonds is 8. The second-order valence-corrected chi connectivity index (χ2v) is 11.4. The van der Waals surface area contributed by atoms with Gasteiger partial charge >= 0.3 is 0 Å². The van der Waals surface area contributed by atoms with E-state index in [4.69, 9.17) is 9.47 Å². The number of piperidine rings is 1. The van der Waals surface area contributed by atoms with Crippen molar-refractivity contribution in [3.8, 4) is 11.5 Å². The second kappa shape index (κ2) is 12.8. The largest absolute Gasteiger partial charge is 0.490 e. The van der Waals surface area contributed by atoms with E-state index in [-0.39, 0.29) is 17.9 Å². The van der Waals surface area contributed by atoms with E-state index in [2.05, 4.69) is 34.5 Å². The van der Waals surface area contributed by atoms with Gasteiger partial charge in [0.05, 0.1) is 6.54 Å². The first kappa shape index (κ1) is 28.0. The van der Waals surface area contributed by atoms with Gasteiger partial charge in [0.2, 0.25) is 11.8 Å². The van der Waals surface area contributed by atoms with Crippen LogP contribution in [0.25, 0.3) is 0 Å². The van der Waals surface area contributed by atoms with Gasteiger partial charge in [0.25, 0.3) is 5.91 Å². The normalized spacial score (nSPS) is 20.0. The Bertz CT molecular complexity index is 1420. The summed E-state index contributed by atoms with van der Waals surface area (Å²) < 4.78 is 12.3. The molecule has 8 heteroatoms. The fourth-order valence-corrected chi connectivity index (χ4v) is 6.08. The van der Waals surface area contributed by atoms with E-state index in [1.54, 1.807) is 11.0 Å². The molecule has 0 radical (unpaired) electrons. The quantitative estimate of drug-likeness (QED) is 0.392. The van der Waals surface area contributed by atoms with E-state index in [0.717, 1.165) is 55.8 Å². The first-order valence-electron chi connectivity index (χ1n) is 14.9. The number of nitrogens with one attached hydrogen (secondary N) is 1. The van der Waals surface area contributed by atoms with Crippen molar-refractivity contribution < 1.29 is 23.9 Å². The number of hydrogen-bond donors (Lipinski definition) is 1. The molecule has 3 aromatic carbocycles. The third-order valence-corrected chi connectivity index (χ3v) is 8.43. The summed E-state index contributed by atoms with van der Waals surface area (Å²) in [5, 5.41) is 2.45. The molecule has 2 fully saturated rings. The van der Waals surface area contributed by atoms with Gasteiger partial charge in [-0.2, -0.15) is 0 Å². The molecule has 1 atom stereocenters. The van der Waals surface area contributed by atoms with Crippen molar-refractivity contribution in [2.24, 2.45) is 0 Å². The summed E-state index contributed by atoms with van der Waals surface area (Å²) in [5.41, 5.74) is 3.66. The first-order chi connectivity index (χ1) is 20.5. The minimum absolute atomic E-state index is 0.191. The third kappa shape index (κ3) is 6.49. The summed E-state index contributed by atoms with van der Waals surface area (Å²) in [6, 6.07) is 23.3. The predicted molar refractivity (Wildman–Crippen MR) is 158 cm³/mol. The van der Waals surface area contributed by atoms with Crippen LogP contribution in [0.3, 0.4) is 0 Å². The maximum absolute atomic E-state index is 13.2. The summed E-state index contributed by atoms with van der Waals surface area (Å²) in [6.45, 7) is 3.60. The lowest BCUT2D eigenvalue weighted by atomic mass is 10.0. The van der Waals surface area contributed by atoms with Crippen LogP contribution in [0, 0.1) is 0 Å². The van der Waals surface area contributed by atoms with E-state index < -0.39 is 11.9 Å². The van der Waals surface area contributed by atoms with Gasteiger partial charge in [-0.25, -0.2) is 0 Å². The lowest BCUT2D eigenvalue weighted by Gasteiger charge is -2.32. The SMILES string of the molecule is O=C1CCCCC(N2Cc3c(OCc4ccc(CN5CCC(Oc6ccccc6)CC5)cc4)cccc3C2=O)C(=O)N1. The fourth-order valence-electron chi connectivity index (χ4n) is 6.08. The molecule has 2 saturated heterocycles. The number of carbonyl (C=O) groups is 3. The van der Waals surface area contributed by atoms with Gasteiger partial charge in [-0.1, -0.05) is 55.0 Å². The lowest BCUT2D eigenvalue weighted by molar-refractivity contribution is -0.134. The zero-order chi connectivity index (χ0) is 28.9. The Morgan fingerprint density at radius 1 is 0.810 bits per heavy atom. The van der Waals surface area contributed by atoms with Crippen molar-refractivity contribution >= 4 is 17.7 Å². The smallest absolute Gasteiger partial charge is 0.255 e. The molecule has 3 aliphatic heterocycles. The van der Waals surface area contributed by atoms with Crippen molar-refractivity contribution in [2.75, 3.05) is 13.1 Å². The van der Waals surface area contributed by atoms with E-state index in [9.17, 15) is 14.4 Å². The topological polar surface area (TPSA) is 88.2 Å². The molecular weight excluding hydrogens is 530 g/mol.